The molecular weight excluding hydrogens is 408 g/mol. The van der Waals surface area contributed by atoms with Crippen molar-refractivity contribution in [3.63, 3.8) is 0 Å². The second kappa shape index (κ2) is 9.93. The molecule has 0 atom stereocenters. The lowest BCUT2D eigenvalue weighted by Crippen LogP contribution is -2.20. The number of amides is 1. The third kappa shape index (κ3) is 5.60. The van der Waals surface area contributed by atoms with E-state index in [4.69, 9.17) is 21.1 Å². The van der Waals surface area contributed by atoms with Gasteiger partial charge in [0.1, 0.15) is 0 Å². The first-order chi connectivity index (χ1) is 14.5. The summed E-state index contributed by atoms with van der Waals surface area (Å²) in [5, 5.41) is 17.5. The lowest BCUT2D eigenvalue weighted by atomic mass is 10.2. The van der Waals surface area contributed by atoms with Crippen molar-refractivity contribution in [2.45, 2.75) is 20.4 Å². The minimum atomic E-state index is -0.294. The maximum Gasteiger partial charge on any atom is 0.262 e. The van der Waals surface area contributed by atoms with Gasteiger partial charge in [0.25, 0.3) is 5.91 Å². The number of halogens is 1. The third-order valence-electron chi connectivity index (χ3n) is 4.12. The van der Waals surface area contributed by atoms with Gasteiger partial charge in [-0.25, -0.2) is 4.68 Å². The topological polar surface area (TPSA) is 103 Å². The van der Waals surface area contributed by atoms with Crippen molar-refractivity contribution in [1.82, 2.24) is 20.2 Å². The Labute approximate surface area is 179 Å². The molecular formula is C20H23ClN6O3. The largest absolute Gasteiger partial charge is 0.490 e. The first-order valence-electron chi connectivity index (χ1n) is 9.37. The van der Waals surface area contributed by atoms with E-state index in [0.717, 1.165) is 11.1 Å². The van der Waals surface area contributed by atoms with Crippen molar-refractivity contribution >= 4 is 29.1 Å². The molecule has 1 aromatic heterocycles. The van der Waals surface area contributed by atoms with Crippen LogP contribution in [0.15, 0.2) is 36.4 Å². The van der Waals surface area contributed by atoms with Gasteiger partial charge in [0, 0.05) is 19.3 Å². The fraction of sp³-hybridized carbons (Fsp3) is 0.300. The van der Waals surface area contributed by atoms with Crippen LogP contribution in [0.3, 0.4) is 0 Å². The maximum atomic E-state index is 12.2. The highest BCUT2D eigenvalue weighted by Crippen LogP contribution is 2.37. The summed E-state index contributed by atoms with van der Waals surface area (Å²) >= 11 is 6.41. The van der Waals surface area contributed by atoms with Crippen molar-refractivity contribution in [3.05, 3.63) is 52.5 Å². The summed E-state index contributed by atoms with van der Waals surface area (Å²) in [6.45, 7) is 4.50. The standard InChI is InChI=1S/C20H23ClN6O3/c1-4-29-17-10-14(11-22-20-24-25-26-27(20)3)9-16(21)19(17)30-12-18(28)23-15-7-5-13(2)6-8-15/h5-10H,4,11-12H2,1-3H3,(H,23,28)(H,22,24,26). The Morgan fingerprint density at radius 1 is 1.20 bits per heavy atom. The van der Waals surface area contributed by atoms with E-state index in [9.17, 15) is 4.79 Å². The Morgan fingerprint density at radius 2 is 1.97 bits per heavy atom. The molecule has 158 valence electrons. The molecule has 0 spiro atoms. The molecule has 0 radical (unpaired) electrons. The maximum absolute atomic E-state index is 12.2. The summed E-state index contributed by atoms with van der Waals surface area (Å²) in [4.78, 5) is 12.2. The zero-order valence-electron chi connectivity index (χ0n) is 17.0. The fourth-order valence-corrected chi connectivity index (χ4v) is 2.95. The smallest absolute Gasteiger partial charge is 0.262 e. The van der Waals surface area contributed by atoms with E-state index >= 15 is 0 Å². The molecule has 0 saturated carbocycles. The van der Waals surface area contributed by atoms with Gasteiger partial charge in [-0.2, -0.15) is 0 Å². The Bertz CT molecular complexity index is 1010. The Morgan fingerprint density at radius 3 is 2.63 bits per heavy atom. The van der Waals surface area contributed by atoms with E-state index in [-0.39, 0.29) is 12.5 Å². The van der Waals surface area contributed by atoms with Crippen molar-refractivity contribution < 1.29 is 14.3 Å². The lowest BCUT2D eigenvalue weighted by Gasteiger charge is -2.15. The number of hydrogen-bond donors (Lipinski definition) is 2. The molecule has 3 aromatic rings. The van der Waals surface area contributed by atoms with E-state index in [2.05, 4.69) is 26.2 Å². The molecule has 0 unspecified atom stereocenters. The van der Waals surface area contributed by atoms with Crippen LogP contribution >= 0.6 is 11.6 Å². The summed E-state index contributed by atoms with van der Waals surface area (Å²) in [7, 11) is 1.74. The second-order valence-corrected chi connectivity index (χ2v) is 6.93. The number of aromatic nitrogens is 4. The summed E-state index contributed by atoms with van der Waals surface area (Å²) in [5.41, 5.74) is 2.66. The molecule has 0 saturated heterocycles. The second-order valence-electron chi connectivity index (χ2n) is 6.52. The number of benzene rings is 2. The van der Waals surface area contributed by atoms with E-state index in [1.165, 1.54) is 4.68 Å². The average Bonchev–Trinajstić information content (AvgIpc) is 3.12. The van der Waals surface area contributed by atoms with Crippen LogP contribution in [0, 0.1) is 6.92 Å². The van der Waals surface area contributed by atoms with Gasteiger partial charge in [-0.1, -0.05) is 34.4 Å². The Kier molecular flexibility index (Phi) is 7.08. The Balaban J connectivity index is 1.66. The number of carbonyl (C=O) groups is 1. The highest BCUT2D eigenvalue weighted by atomic mass is 35.5. The van der Waals surface area contributed by atoms with E-state index in [0.29, 0.717) is 41.3 Å². The van der Waals surface area contributed by atoms with Gasteiger partial charge in [0.2, 0.25) is 5.95 Å². The van der Waals surface area contributed by atoms with Gasteiger partial charge in [-0.15, -0.1) is 0 Å². The zero-order chi connectivity index (χ0) is 21.5. The summed E-state index contributed by atoms with van der Waals surface area (Å²) < 4.78 is 12.9. The summed E-state index contributed by atoms with van der Waals surface area (Å²) in [6.07, 6.45) is 0. The predicted molar refractivity (Wildman–Crippen MR) is 114 cm³/mol. The number of anilines is 2. The molecule has 10 heteroatoms. The molecule has 1 heterocycles. The monoisotopic (exact) mass is 430 g/mol. The van der Waals surface area contributed by atoms with Gasteiger partial charge in [-0.3, -0.25) is 4.79 Å². The normalized spacial score (nSPS) is 10.5. The van der Waals surface area contributed by atoms with Gasteiger partial charge < -0.3 is 20.1 Å². The minimum Gasteiger partial charge on any atom is -0.490 e. The first-order valence-corrected chi connectivity index (χ1v) is 9.74. The number of tetrazole rings is 1. The average molecular weight is 431 g/mol. The number of rotatable bonds is 9. The molecule has 2 aromatic carbocycles. The highest BCUT2D eigenvalue weighted by molar-refractivity contribution is 6.32. The van der Waals surface area contributed by atoms with Crippen LogP contribution in [0.1, 0.15) is 18.1 Å². The van der Waals surface area contributed by atoms with E-state index < -0.39 is 0 Å². The quantitative estimate of drug-likeness (QED) is 0.537. The van der Waals surface area contributed by atoms with E-state index in [1.807, 2.05) is 38.1 Å². The molecule has 0 bridgehead atoms. The van der Waals surface area contributed by atoms with Gasteiger partial charge >= 0.3 is 0 Å². The van der Waals surface area contributed by atoms with Crippen LogP contribution in [-0.2, 0) is 18.4 Å². The molecule has 1 amide bonds. The van der Waals surface area contributed by atoms with Crippen LogP contribution in [0.5, 0.6) is 11.5 Å². The lowest BCUT2D eigenvalue weighted by molar-refractivity contribution is -0.118. The number of aryl methyl sites for hydroxylation is 2. The van der Waals surface area contributed by atoms with Crippen molar-refractivity contribution in [2.24, 2.45) is 7.05 Å². The van der Waals surface area contributed by atoms with Gasteiger partial charge in [0.15, 0.2) is 18.1 Å². The molecule has 3 rings (SSSR count). The molecule has 2 N–H and O–H groups in total. The molecule has 0 aliphatic rings. The van der Waals surface area contributed by atoms with Crippen LogP contribution in [0.2, 0.25) is 5.02 Å². The van der Waals surface area contributed by atoms with Crippen LogP contribution < -0.4 is 20.1 Å². The van der Waals surface area contributed by atoms with Crippen molar-refractivity contribution in [1.29, 1.82) is 0 Å². The van der Waals surface area contributed by atoms with Crippen LogP contribution in [0.25, 0.3) is 0 Å². The zero-order valence-corrected chi connectivity index (χ0v) is 17.7. The molecule has 0 fully saturated rings. The van der Waals surface area contributed by atoms with Gasteiger partial charge in [-0.05, 0) is 54.1 Å². The minimum absolute atomic E-state index is 0.199. The third-order valence-corrected chi connectivity index (χ3v) is 4.40. The predicted octanol–water partition coefficient (Wildman–Crippen LogP) is 3.20. The molecule has 0 aliphatic carbocycles. The van der Waals surface area contributed by atoms with E-state index in [1.54, 1.807) is 19.2 Å². The Hall–Kier alpha value is -3.33. The molecule has 0 aliphatic heterocycles. The fourth-order valence-electron chi connectivity index (χ4n) is 2.66. The molecule has 9 nitrogen and oxygen atoms in total. The number of carbonyl (C=O) groups excluding carboxylic acids is 1. The van der Waals surface area contributed by atoms with Crippen LogP contribution in [0.4, 0.5) is 11.6 Å². The number of nitrogens with zero attached hydrogens (tertiary/aromatic N) is 4. The number of hydrogen-bond acceptors (Lipinski definition) is 7. The number of nitrogens with one attached hydrogen (secondary N) is 2. The number of ether oxygens (including phenoxy) is 2. The first kappa shape index (κ1) is 21.4. The van der Waals surface area contributed by atoms with Crippen LogP contribution in [-0.4, -0.2) is 39.3 Å². The summed E-state index contributed by atoms with van der Waals surface area (Å²) in [5.74, 6) is 1.01. The highest BCUT2D eigenvalue weighted by Gasteiger charge is 2.15. The van der Waals surface area contributed by atoms with Gasteiger partial charge in [0.05, 0.1) is 11.6 Å². The summed E-state index contributed by atoms with van der Waals surface area (Å²) in [6, 6.07) is 11.1. The molecule has 30 heavy (non-hydrogen) atoms. The van der Waals surface area contributed by atoms with Crippen molar-refractivity contribution in [2.75, 3.05) is 23.8 Å². The van der Waals surface area contributed by atoms with Crippen molar-refractivity contribution in [3.8, 4) is 11.5 Å². The SMILES string of the molecule is CCOc1cc(CNc2nnnn2C)cc(Cl)c1OCC(=O)Nc1ccc(C)cc1.